The molecule has 4 nitrogen and oxygen atoms in total. The Hall–Kier alpha value is -0.770. The van der Waals surface area contributed by atoms with Gasteiger partial charge in [0.2, 0.25) is 0 Å². The van der Waals surface area contributed by atoms with E-state index in [9.17, 15) is 4.79 Å². The van der Waals surface area contributed by atoms with Gasteiger partial charge in [-0.25, -0.2) is 4.79 Å². The van der Waals surface area contributed by atoms with Crippen LogP contribution in [-0.4, -0.2) is 34.7 Å². The fourth-order valence-electron chi connectivity index (χ4n) is 1.49. The molecule has 64 valence electrons. The van der Waals surface area contributed by atoms with E-state index in [0.29, 0.717) is 6.54 Å². The molecule has 1 fully saturated rings. The summed E-state index contributed by atoms with van der Waals surface area (Å²) in [4.78, 5) is 12.0. The summed E-state index contributed by atoms with van der Waals surface area (Å²) >= 11 is 0. The van der Waals surface area contributed by atoms with Gasteiger partial charge in [-0.2, -0.15) is 0 Å². The van der Waals surface area contributed by atoms with Gasteiger partial charge in [-0.1, -0.05) is 0 Å². The lowest BCUT2D eigenvalue weighted by molar-refractivity contribution is 0.107. The largest absolute Gasteiger partial charge is 0.465 e. The number of hydrogen-bond donors (Lipinski definition) is 2. The zero-order valence-corrected chi connectivity index (χ0v) is 6.66. The summed E-state index contributed by atoms with van der Waals surface area (Å²) in [5, 5.41) is 8.68. The van der Waals surface area contributed by atoms with Crippen molar-refractivity contribution >= 4 is 6.09 Å². The van der Waals surface area contributed by atoms with Crippen molar-refractivity contribution in [2.75, 3.05) is 6.54 Å². The van der Waals surface area contributed by atoms with E-state index in [0.717, 1.165) is 12.8 Å². The third-order valence-electron chi connectivity index (χ3n) is 2.16. The van der Waals surface area contributed by atoms with Crippen molar-refractivity contribution in [1.29, 1.82) is 0 Å². The molecule has 2 atom stereocenters. The fourth-order valence-corrected chi connectivity index (χ4v) is 1.49. The Bertz CT molecular complexity index is 161. The molecule has 11 heavy (non-hydrogen) atoms. The van der Waals surface area contributed by atoms with Crippen LogP contribution in [0.15, 0.2) is 0 Å². The van der Waals surface area contributed by atoms with E-state index >= 15 is 0 Å². The van der Waals surface area contributed by atoms with Crippen molar-refractivity contribution in [3.63, 3.8) is 0 Å². The van der Waals surface area contributed by atoms with Crippen LogP contribution in [0.5, 0.6) is 0 Å². The zero-order valence-electron chi connectivity index (χ0n) is 6.66. The molecule has 1 aliphatic heterocycles. The summed E-state index contributed by atoms with van der Waals surface area (Å²) in [6.45, 7) is 2.48. The molecule has 0 aliphatic carbocycles. The molecule has 1 heterocycles. The molecule has 0 radical (unpaired) electrons. The molecule has 0 aromatic rings. The molecule has 0 saturated carbocycles. The highest BCUT2D eigenvalue weighted by Crippen LogP contribution is 2.15. The lowest BCUT2D eigenvalue weighted by Gasteiger charge is -2.34. The predicted octanol–water partition coefficient (Wildman–Crippen LogP) is 0.476. The van der Waals surface area contributed by atoms with Crippen LogP contribution in [0.3, 0.4) is 0 Å². The first-order chi connectivity index (χ1) is 5.11. The van der Waals surface area contributed by atoms with Gasteiger partial charge in [-0.3, -0.25) is 0 Å². The lowest BCUT2D eigenvalue weighted by Crippen LogP contribution is -2.47. The monoisotopic (exact) mass is 158 g/mol. The van der Waals surface area contributed by atoms with Crippen molar-refractivity contribution in [1.82, 2.24) is 4.90 Å². The highest BCUT2D eigenvalue weighted by atomic mass is 16.4. The quantitative estimate of drug-likeness (QED) is 0.538. The van der Waals surface area contributed by atoms with Crippen molar-refractivity contribution in [2.24, 2.45) is 5.73 Å². The normalized spacial score (nSPS) is 32.0. The van der Waals surface area contributed by atoms with Crippen LogP contribution in [0.2, 0.25) is 0 Å². The molecular formula is C7H14N2O2. The molecule has 1 saturated heterocycles. The van der Waals surface area contributed by atoms with Crippen LogP contribution in [-0.2, 0) is 0 Å². The third kappa shape index (κ3) is 1.83. The Morgan fingerprint density at radius 1 is 1.73 bits per heavy atom. The second-order valence-corrected chi connectivity index (χ2v) is 3.11. The minimum atomic E-state index is -0.829. The fraction of sp³-hybridized carbons (Fsp3) is 0.857. The number of piperidine rings is 1. The number of nitrogens with two attached hydrogens (primary N) is 1. The molecule has 0 aromatic heterocycles. The molecule has 0 aromatic carbocycles. The van der Waals surface area contributed by atoms with E-state index in [1.807, 2.05) is 6.92 Å². The number of nitrogens with zero attached hydrogens (tertiary/aromatic N) is 1. The molecule has 1 aliphatic rings. The molecule has 1 amide bonds. The number of carboxylic acid groups (broad SMARTS) is 1. The minimum Gasteiger partial charge on any atom is -0.465 e. The van der Waals surface area contributed by atoms with Crippen LogP contribution in [0.1, 0.15) is 19.8 Å². The van der Waals surface area contributed by atoms with E-state index < -0.39 is 6.09 Å². The van der Waals surface area contributed by atoms with E-state index in [1.54, 1.807) is 0 Å². The smallest absolute Gasteiger partial charge is 0.407 e. The van der Waals surface area contributed by atoms with Gasteiger partial charge in [0.1, 0.15) is 0 Å². The maximum Gasteiger partial charge on any atom is 0.407 e. The van der Waals surface area contributed by atoms with Crippen LogP contribution in [0.4, 0.5) is 4.79 Å². The third-order valence-corrected chi connectivity index (χ3v) is 2.16. The molecule has 0 unspecified atom stereocenters. The zero-order chi connectivity index (χ0) is 8.43. The lowest BCUT2D eigenvalue weighted by atomic mass is 10.00. The van der Waals surface area contributed by atoms with Crippen molar-refractivity contribution in [3.8, 4) is 0 Å². The van der Waals surface area contributed by atoms with Gasteiger partial charge in [0.15, 0.2) is 0 Å². The van der Waals surface area contributed by atoms with E-state index in [2.05, 4.69) is 0 Å². The maximum absolute atomic E-state index is 10.6. The first-order valence-electron chi connectivity index (χ1n) is 3.86. The number of hydrogen-bond acceptors (Lipinski definition) is 2. The van der Waals surface area contributed by atoms with Gasteiger partial charge in [-0.05, 0) is 19.8 Å². The van der Waals surface area contributed by atoms with Crippen LogP contribution in [0.25, 0.3) is 0 Å². The predicted molar refractivity (Wildman–Crippen MR) is 41.4 cm³/mol. The second kappa shape index (κ2) is 3.09. The van der Waals surface area contributed by atoms with Gasteiger partial charge in [0.25, 0.3) is 0 Å². The Morgan fingerprint density at radius 2 is 2.36 bits per heavy atom. The highest BCUT2D eigenvalue weighted by molar-refractivity contribution is 5.65. The number of rotatable bonds is 0. The van der Waals surface area contributed by atoms with Crippen LogP contribution in [0, 0.1) is 0 Å². The minimum absolute atomic E-state index is 0.0799. The molecule has 0 bridgehead atoms. The highest BCUT2D eigenvalue weighted by Gasteiger charge is 2.26. The average Bonchev–Trinajstić information content (AvgIpc) is 1.85. The molecule has 3 N–H and O–H groups in total. The van der Waals surface area contributed by atoms with Crippen LogP contribution >= 0.6 is 0 Å². The molecular weight excluding hydrogens is 144 g/mol. The number of likely N-dealkylation sites (tertiary alicyclic amines) is 1. The standard InChI is InChI=1S/C7H14N2O2/c1-5-4-6(8)2-3-9(5)7(10)11/h5-6H,2-4,8H2,1H3,(H,10,11)/t5-,6-/m1/s1. The number of carbonyl (C=O) groups is 1. The Labute approximate surface area is 66.0 Å². The number of amides is 1. The summed E-state index contributed by atoms with van der Waals surface area (Å²) < 4.78 is 0. The molecule has 0 spiro atoms. The average molecular weight is 158 g/mol. The summed E-state index contributed by atoms with van der Waals surface area (Å²) in [5.74, 6) is 0. The van der Waals surface area contributed by atoms with Crippen molar-refractivity contribution in [3.05, 3.63) is 0 Å². The maximum atomic E-state index is 10.6. The van der Waals surface area contributed by atoms with E-state index in [4.69, 9.17) is 10.8 Å². The van der Waals surface area contributed by atoms with Gasteiger partial charge in [0.05, 0.1) is 0 Å². The van der Waals surface area contributed by atoms with E-state index in [1.165, 1.54) is 4.90 Å². The Kier molecular flexibility index (Phi) is 2.34. The summed E-state index contributed by atoms with van der Waals surface area (Å²) in [7, 11) is 0. The summed E-state index contributed by atoms with van der Waals surface area (Å²) in [6, 6.07) is 0.261. The Balaban J connectivity index is 2.50. The van der Waals surface area contributed by atoms with Gasteiger partial charge in [-0.15, -0.1) is 0 Å². The van der Waals surface area contributed by atoms with Gasteiger partial charge >= 0.3 is 6.09 Å². The van der Waals surface area contributed by atoms with Crippen molar-refractivity contribution < 1.29 is 9.90 Å². The van der Waals surface area contributed by atoms with Gasteiger partial charge in [0, 0.05) is 18.6 Å². The second-order valence-electron chi connectivity index (χ2n) is 3.11. The molecule has 1 rings (SSSR count). The summed E-state index contributed by atoms with van der Waals surface area (Å²) in [6.07, 6.45) is 0.743. The summed E-state index contributed by atoms with van der Waals surface area (Å²) in [5.41, 5.74) is 5.67. The van der Waals surface area contributed by atoms with Crippen LogP contribution < -0.4 is 5.73 Å². The first-order valence-corrected chi connectivity index (χ1v) is 3.86. The van der Waals surface area contributed by atoms with E-state index in [-0.39, 0.29) is 12.1 Å². The first kappa shape index (κ1) is 8.33. The topological polar surface area (TPSA) is 66.6 Å². The van der Waals surface area contributed by atoms with Crippen molar-refractivity contribution in [2.45, 2.75) is 31.8 Å². The molecule has 4 heteroatoms. The Morgan fingerprint density at radius 3 is 2.82 bits per heavy atom. The van der Waals surface area contributed by atoms with Gasteiger partial charge < -0.3 is 15.7 Å². The SMILES string of the molecule is C[C@@H]1C[C@H](N)CCN1C(=O)O.